The lowest BCUT2D eigenvalue weighted by Gasteiger charge is -2.11. The summed E-state index contributed by atoms with van der Waals surface area (Å²) in [5.74, 6) is 0.806. The predicted octanol–water partition coefficient (Wildman–Crippen LogP) is 3.61. The Hall–Kier alpha value is -2.29. The van der Waals surface area contributed by atoms with Crippen molar-refractivity contribution in [3.8, 4) is 5.75 Å². The highest BCUT2D eigenvalue weighted by atomic mass is 16.5. The van der Waals surface area contributed by atoms with E-state index in [2.05, 4.69) is 5.32 Å². The van der Waals surface area contributed by atoms with Crippen LogP contribution in [-0.4, -0.2) is 19.4 Å². The van der Waals surface area contributed by atoms with Gasteiger partial charge in [-0.15, -0.1) is 0 Å². The summed E-state index contributed by atoms with van der Waals surface area (Å²) in [7, 11) is 1.62. The fourth-order valence-corrected chi connectivity index (χ4v) is 1.98. The zero-order valence-electron chi connectivity index (χ0n) is 12.1. The van der Waals surface area contributed by atoms with E-state index in [0.29, 0.717) is 0 Å². The van der Waals surface area contributed by atoms with Crippen molar-refractivity contribution in [2.24, 2.45) is 0 Å². The molecule has 0 aliphatic rings. The summed E-state index contributed by atoms with van der Waals surface area (Å²) in [4.78, 5) is 12.1. The molecule has 0 spiro atoms. The molecule has 0 amide bonds. The molecule has 104 valence electrons. The summed E-state index contributed by atoms with van der Waals surface area (Å²) in [6.45, 7) is 4.26. The van der Waals surface area contributed by atoms with E-state index < -0.39 is 0 Å². The molecule has 2 aromatic rings. The third kappa shape index (κ3) is 3.38. The van der Waals surface area contributed by atoms with E-state index in [1.165, 1.54) is 0 Å². The number of carbonyl (C=O) groups excluding carboxylic acids is 1. The molecule has 2 aromatic carbocycles. The molecule has 0 aliphatic heterocycles. The van der Waals surface area contributed by atoms with Gasteiger partial charge < -0.3 is 10.1 Å². The van der Waals surface area contributed by atoms with Crippen LogP contribution in [0.15, 0.2) is 42.5 Å². The van der Waals surface area contributed by atoms with Gasteiger partial charge in [-0.25, -0.2) is 0 Å². The average Bonchev–Trinajstić information content (AvgIpc) is 2.45. The molecular formula is C17H19NO2. The van der Waals surface area contributed by atoms with Crippen molar-refractivity contribution in [2.75, 3.05) is 19.0 Å². The zero-order chi connectivity index (χ0) is 14.5. The van der Waals surface area contributed by atoms with Crippen LogP contribution in [0.4, 0.5) is 5.69 Å². The van der Waals surface area contributed by atoms with E-state index in [1.807, 2.05) is 56.3 Å². The Morgan fingerprint density at radius 1 is 1.05 bits per heavy atom. The molecule has 0 aliphatic carbocycles. The fourth-order valence-electron chi connectivity index (χ4n) is 1.98. The number of benzene rings is 2. The molecule has 0 atom stereocenters. The van der Waals surface area contributed by atoms with Crippen molar-refractivity contribution >= 4 is 11.5 Å². The molecule has 3 heteroatoms. The summed E-state index contributed by atoms with van der Waals surface area (Å²) in [5.41, 5.74) is 3.83. The number of aryl methyl sites for hydroxylation is 2. The summed E-state index contributed by atoms with van der Waals surface area (Å²) < 4.78 is 5.28. The Balaban J connectivity index is 2.06. The fraction of sp³-hybridized carbons (Fsp3) is 0.235. The first-order chi connectivity index (χ1) is 9.60. The van der Waals surface area contributed by atoms with Gasteiger partial charge in [-0.3, -0.25) is 4.79 Å². The van der Waals surface area contributed by atoms with Gasteiger partial charge in [0.2, 0.25) is 0 Å². The second kappa shape index (κ2) is 6.24. The molecule has 3 nitrogen and oxygen atoms in total. The number of ketones is 1. The molecule has 0 heterocycles. The topological polar surface area (TPSA) is 38.3 Å². The van der Waals surface area contributed by atoms with E-state index in [1.54, 1.807) is 7.11 Å². The SMILES string of the molecule is COc1ccc(C)cc1NCC(=O)c1ccc(C)cc1. The Morgan fingerprint density at radius 3 is 2.35 bits per heavy atom. The summed E-state index contributed by atoms with van der Waals surface area (Å²) in [6.07, 6.45) is 0. The monoisotopic (exact) mass is 269 g/mol. The Labute approximate surface area is 119 Å². The first kappa shape index (κ1) is 14.1. The molecule has 0 bridgehead atoms. The number of nitrogens with one attached hydrogen (secondary N) is 1. The maximum atomic E-state index is 12.1. The van der Waals surface area contributed by atoms with Crippen molar-refractivity contribution in [3.05, 3.63) is 59.2 Å². The average molecular weight is 269 g/mol. The molecule has 1 N–H and O–H groups in total. The number of carbonyl (C=O) groups is 1. The van der Waals surface area contributed by atoms with Crippen molar-refractivity contribution in [3.63, 3.8) is 0 Å². The maximum absolute atomic E-state index is 12.1. The molecule has 0 aromatic heterocycles. The molecule has 0 unspecified atom stereocenters. The Kier molecular flexibility index (Phi) is 4.41. The normalized spacial score (nSPS) is 10.2. The number of hydrogen-bond donors (Lipinski definition) is 1. The standard InChI is InChI=1S/C17H19NO2/c1-12-4-7-14(8-5-12)16(19)11-18-15-10-13(2)6-9-17(15)20-3/h4-10,18H,11H2,1-3H3. The molecular weight excluding hydrogens is 250 g/mol. The van der Waals surface area contributed by atoms with Gasteiger partial charge >= 0.3 is 0 Å². The lowest BCUT2D eigenvalue weighted by Crippen LogP contribution is -2.14. The second-order valence-corrected chi connectivity index (χ2v) is 4.85. The van der Waals surface area contributed by atoms with Crippen LogP contribution < -0.4 is 10.1 Å². The van der Waals surface area contributed by atoms with Gasteiger partial charge in [-0.2, -0.15) is 0 Å². The summed E-state index contributed by atoms with van der Waals surface area (Å²) >= 11 is 0. The first-order valence-electron chi connectivity index (χ1n) is 6.58. The van der Waals surface area contributed by atoms with Crippen molar-refractivity contribution in [1.82, 2.24) is 0 Å². The highest BCUT2D eigenvalue weighted by Gasteiger charge is 2.08. The van der Waals surface area contributed by atoms with Crippen molar-refractivity contribution < 1.29 is 9.53 Å². The Bertz CT molecular complexity index is 603. The maximum Gasteiger partial charge on any atom is 0.181 e. The summed E-state index contributed by atoms with van der Waals surface area (Å²) in [5, 5.41) is 3.14. The molecule has 2 rings (SSSR count). The van der Waals surface area contributed by atoms with Crippen LogP contribution in [0, 0.1) is 13.8 Å². The van der Waals surface area contributed by atoms with Gasteiger partial charge in [-0.05, 0) is 31.5 Å². The minimum atomic E-state index is 0.0635. The molecule has 0 saturated heterocycles. The van der Waals surface area contributed by atoms with Crippen LogP contribution >= 0.6 is 0 Å². The smallest absolute Gasteiger partial charge is 0.181 e. The van der Waals surface area contributed by atoms with Crippen LogP contribution in [-0.2, 0) is 0 Å². The molecule has 0 saturated carbocycles. The van der Waals surface area contributed by atoms with E-state index in [0.717, 1.165) is 28.1 Å². The Morgan fingerprint density at radius 2 is 1.70 bits per heavy atom. The minimum Gasteiger partial charge on any atom is -0.495 e. The third-order valence-electron chi connectivity index (χ3n) is 3.17. The van der Waals surface area contributed by atoms with E-state index >= 15 is 0 Å². The van der Waals surface area contributed by atoms with Gasteiger partial charge in [0, 0.05) is 5.56 Å². The highest BCUT2D eigenvalue weighted by molar-refractivity contribution is 5.99. The van der Waals surface area contributed by atoms with Crippen molar-refractivity contribution in [2.45, 2.75) is 13.8 Å². The number of rotatable bonds is 5. The van der Waals surface area contributed by atoms with Crippen LogP contribution in [0.1, 0.15) is 21.5 Å². The zero-order valence-corrected chi connectivity index (χ0v) is 12.1. The van der Waals surface area contributed by atoms with Gasteiger partial charge in [0.05, 0.1) is 19.3 Å². The largest absolute Gasteiger partial charge is 0.495 e. The molecule has 0 fully saturated rings. The van der Waals surface area contributed by atoms with E-state index in [9.17, 15) is 4.79 Å². The highest BCUT2D eigenvalue weighted by Crippen LogP contribution is 2.25. The van der Waals surface area contributed by atoms with Gasteiger partial charge in [0.15, 0.2) is 5.78 Å². The number of hydrogen-bond acceptors (Lipinski definition) is 3. The number of anilines is 1. The van der Waals surface area contributed by atoms with Crippen LogP contribution in [0.3, 0.4) is 0 Å². The number of methoxy groups -OCH3 is 1. The van der Waals surface area contributed by atoms with Crippen LogP contribution in [0.2, 0.25) is 0 Å². The molecule has 20 heavy (non-hydrogen) atoms. The third-order valence-corrected chi connectivity index (χ3v) is 3.17. The minimum absolute atomic E-state index is 0.0635. The van der Waals surface area contributed by atoms with Gasteiger partial charge in [-0.1, -0.05) is 35.9 Å². The van der Waals surface area contributed by atoms with Crippen LogP contribution in [0.5, 0.6) is 5.75 Å². The van der Waals surface area contributed by atoms with E-state index in [4.69, 9.17) is 4.74 Å². The summed E-state index contributed by atoms with van der Waals surface area (Å²) in [6, 6.07) is 13.4. The van der Waals surface area contributed by atoms with Crippen LogP contribution in [0.25, 0.3) is 0 Å². The first-order valence-corrected chi connectivity index (χ1v) is 6.58. The lowest BCUT2D eigenvalue weighted by atomic mass is 10.1. The van der Waals surface area contributed by atoms with Gasteiger partial charge in [0.1, 0.15) is 5.75 Å². The number of ether oxygens (including phenoxy) is 1. The van der Waals surface area contributed by atoms with Crippen molar-refractivity contribution in [1.29, 1.82) is 0 Å². The quantitative estimate of drug-likeness (QED) is 0.843. The van der Waals surface area contributed by atoms with E-state index in [-0.39, 0.29) is 12.3 Å². The van der Waals surface area contributed by atoms with Gasteiger partial charge in [0.25, 0.3) is 0 Å². The lowest BCUT2D eigenvalue weighted by molar-refractivity contribution is 0.101. The molecule has 0 radical (unpaired) electrons. The second-order valence-electron chi connectivity index (χ2n) is 4.85. The predicted molar refractivity (Wildman–Crippen MR) is 81.7 cm³/mol. The number of Topliss-reactive ketones (excluding diaryl/α,β-unsaturated/α-hetero) is 1.